The van der Waals surface area contributed by atoms with E-state index in [0.717, 1.165) is 49.0 Å². The van der Waals surface area contributed by atoms with Crippen LogP contribution >= 0.6 is 0 Å². The summed E-state index contributed by atoms with van der Waals surface area (Å²) in [6.07, 6.45) is 11.7. The minimum atomic E-state index is 0.502. The number of ether oxygens (including phenoxy) is 1. The molecule has 5 rings (SSSR count). The Kier molecular flexibility index (Phi) is 6.48. The van der Waals surface area contributed by atoms with Crippen LogP contribution in [0.4, 0.5) is 17.3 Å². The second-order valence-electron chi connectivity index (χ2n) is 7.71. The van der Waals surface area contributed by atoms with Gasteiger partial charge in [-0.15, -0.1) is 5.10 Å². The molecule has 1 aliphatic heterocycles. The topological polar surface area (TPSA) is 107 Å². The van der Waals surface area contributed by atoms with E-state index >= 15 is 0 Å². The second kappa shape index (κ2) is 10.2. The molecule has 1 N–H and O–H groups in total. The quantitative estimate of drug-likeness (QED) is 0.443. The number of nitrogens with one attached hydrogen (secondary N) is 1. The van der Waals surface area contributed by atoms with Crippen LogP contribution in [0.2, 0.25) is 0 Å². The molecular formula is C24H25N9O. The largest absolute Gasteiger partial charge is 0.378 e. The van der Waals surface area contributed by atoms with Crippen molar-refractivity contribution in [2.75, 3.05) is 36.5 Å². The Labute approximate surface area is 196 Å². The fraction of sp³-hybridized carbons (Fsp3) is 0.250. The summed E-state index contributed by atoms with van der Waals surface area (Å²) in [5, 5.41) is 13.6. The zero-order chi connectivity index (χ0) is 23.2. The van der Waals surface area contributed by atoms with Gasteiger partial charge < -0.3 is 15.0 Å². The van der Waals surface area contributed by atoms with Crippen LogP contribution < -0.4 is 20.8 Å². The highest BCUT2D eigenvalue weighted by Gasteiger charge is 2.13. The number of fused-ring (bicyclic) bond motifs is 1. The number of pyridine rings is 2. The number of anilines is 3. The summed E-state index contributed by atoms with van der Waals surface area (Å²) < 4.78 is 7.20. The second-order valence-corrected chi connectivity index (χ2v) is 7.71. The van der Waals surface area contributed by atoms with Crippen molar-refractivity contribution < 1.29 is 4.74 Å². The lowest BCUT2D eigenvalue weighted by Gasteiger charge is -2.28. The van der Waals surface area contributed by atoms with Crippen molar-refractivity contribution in [2.45, 2.75) is 13.0 Å². The van der Waals surface area contributed by atoms with E-state index in [2.05, 4.69) is 48.1 Å². The van der Waals surface area contributed by atoms with Gasteiger partial charge in [0, 0.05) is 43.8 Å². The maximum atomic E-state index is 5.45. The summed E-state index contributed by atoms with van der Waals surface area (Å²) in [7, 11) is 0. The van der Waals surface area contributed by atoms with E-state index in [0.29, 0.717) is 29.5 Å². The van der Waals surface area contributed by atoms with Gasteiger partial charge in [-0.2, -0.15) is 0 Å². The van der Waals surface area contributed by atoms with Crippen molar-refractivity contribution in [3.05, 3.63) is 66.1 Å². The average Bonchev–Trinajstić information content (AvgIpc) is 3.28. The van der Waals surface area contributed by atoms with Gasteiger partial charge in [0.25, 0.3) is 0 Å². The molecule has 0 bridgehead atoms. The normalized spacial score (nSPS) is 15.1. The van der Waals surface area contributed by atoms with Gasteiger partial charge in [-0.1, -0.05) is 30.0 Å². The van der Waals surface area contributed by atoms with E-state index in [1.807, 2.05) is 30.3 Å². The molecule has 0 unspecified atom stereocenters. The lowest BCUT2D eigenvalue weighted by atomic mass is 10.2. The summed E-state index contributed by atoms with van der Waals surface area (Å²) >= 11 is 0. The first-order chi connectivity index (χ1) is 16.8. The fourth-order valence-corrected chi connectivity index (χ4v) is 3.80. The maximum absolute atomic E-state index is 5.45. The standard InChI is InChI=1S/C24H25N9O/c1-2-5-20-18(6-3-9-25-20)7-4-11-33-24-23(30-31-33)27-17-22(29-24)28-21-16-19(8-10-26-21)32-12-14-34-15-13-32/h2-3,5-10,16-17H,1,4,11-15H2,(H,26,28,29)/b18-7-,20-5+. The summed E-state index contributed by atoms with van der Waals surface area (Å²) in [5.74, 6) is 1.29. The predicted molar refractivity (Wildman–Crippen MR) is 131 cm³/mol. The van der Waals surface area contributed by atoms with E-state index in [1.165, 1.54) is 0 Å². The molecule has 0 radical (unpaired) electrons. The Hall–Kier alpha value is -4.18. The van der Waals surface area contributed by atoms with Crippen LogP contribution in [0.1, 0.15) is 6.42 Å². The summed E-state index contributed by atoms with van der Waals surface area (Å²) in [6, 6.07) is 7.96. The molecule has 4 aromatic rings. The van der Waals surface area contributed by atoms with E-state index in [-0.39, 0.29) is 0 Å². The smallest absolute Gasteiger partial charge is 0.221 e. The predicted octanol–water partition coefficient (Wildman–Crippen LogP) is 1.43. The molecule has 34 heavy (non-hydrogen) atoms. The van der Waals surface area contributed by atoms with E-state index in [9.17, 15) is 0 Å². The van der Waals surface area contributed by atoms with Crippen LogP contribution in [0, 0.1) is 0 Å². The molecule has 0 spiro atoms. The van der Waals surface area contributed by atoms with Gasteiger partial charge in [0.15, 0.2) is 11.5 Å². The first-order valence-electron chi connectivity index (χ1n) is 11.2. The van der Waals surface area contributed by atoms with E-state index in [1.54, 1.807) is 29.3 Å². The zero-order valence-corrected chi connectivity index (χ0v) is 18.7. The fourth-order valence-electron chi connectivity index (χ4n) is 3.80. The van der Waals surface area contributed by atoms with Crippen molar-refractivity contribution in [3.63, 3.8) is 0 Å². The number of hydrogen-bond donors (Lipinski definition) is 1. The van der Waals surface area contributed by atoms with Crippen molar-refractivity contribution >= 4 is 40.8 Å². The summed E-state index contributed by atoms with van der Waals surface area (Å²) in [5.41, 5.74) is 2.22. The molecule has 1 fully saturated rings. The first kappa shape index (κ1) is 21.7. The van der Waals surface area contributed by atoms with Gasteiger partial charge in [-0.25, -0.2) is 19.6 Å². The molecule has 0 saturated carbocycles. The molecule has 172 valence electrons. The van der Waals surface area contributed by atoms with Crippen molar-refractivity contribution in [1.82, 2.24) is 34.9 Å². The summed E-state index contributed by atoms with van der Waals surface area (Å²) in [4.78, 5) is 20.2. The van der Waals surface area contributed by atoms with Crippen LogP contribution in [-0.4, -0.2) is 61.2 Å². The lowest BCUT2D eigenvalue weighted by Crippen LogP contribution is -2.36. The SMILES string of the molecule is C=C/C=c1/nccc/c1=C/CCn1nnc2ncc(Nc3cc(N4CCOCC4)ccn3)nc21. The minimum absolute atomic E-state index is 0.502. The van der Waals surface area contributed by atoms with E-state index < -0.39 is 0 Å². The highest BCUT2D eigenvalue weighted by molar-refractivity contribution is 5.68. The van der Waals surface area contributed by atoms with Crippen molar-refractivity contribution in [2.24, 2.45) is 0 Å². The number of nitrogens with zero attached hydrogens (tertiary/aromatic N) is 8. The molecule has 4 aromatic heterocycles. The number of hydrogen-bond acceptors (Lipinski definition) is 9. The zero-order valence-electron chi connectivity index (χ0n) is 18.7. The van der Waals surface area contributed by atoms with Gasteiger partial charge in [0.2, 0.25) is 5.65 Å². The molecule has 1 saturated heterocycles. The van der Waals surface area contributed by atoms with Gasteiger partial charge in [0.05, 0.1) is 24.8 Å². The molecule has 0 aromatic carbocycles. The Morgan fingerprint density at radius 2 is 2.00 bits per heavy atom. The molecule has 5 heterocycles. The Balaban J connectivity index is 1.33. The molecule has 10 nitrogen and oxygen atoms in total. The van der Waals surface area contributed by atoms with Gasteiger partial charge in [-0.05, 0) is 29.8 Å². The Morgan fingerprint density at radius 3 is 2.88 bits per heavy atom. The number of allylic oxidation sites excluding steroid dienone is 1. The third-order valence-electron chi connectivity index (χ3n) is 5.46. The molecule has 10 heteroatoms. The average molecular weight is 456 g/mol. The lowest BCUT2D eigenvalue weighted by molar-refractivity contribution is 0.122. The van der Waals surface area contributed by atoms with Crippen LogP contribution in [-0.2, 0) is 11.3 Å². The number of rotatable bonds is 7. The molecular weight excluding hydrogens is 430 g/mol. The van der Waals surface area contributed by atoms with Crippen LogP contribution in [0.3, 0.4) is 0 Å². The van der Waals surface area contributed by atoms with Gasteiger partial charge in [-0.3, -0.25) is 4.98 Å². The number of aryl methyl sites for hydroxylation is 1. The van der Waals surface area contributed by atoms with Crippen LogP contribution in [0.25, 0.3) is 23.4 Å². The highest BCUT2D eigenvalue weighted by atomic mass is 16.5. The molecule has 0 atom stereocenters. The molecule has 0 amide bonds. The van der Waals surface area contributed by atoms with Crippen molar-refractivity contribution in [3.8, 4) is 0 Å². The van der Waals surface area contributed by atoms with Crippen LogP contribution in [0.5, 0.6) is 0 Å². The van der Waals surface area contributed by atoms with Gasteiger partial charge in [0.1, 0.15) is 5.82 Å². The van der Waals surface area contributed by atoms with Crippen LogP contribution in [0.15, 0.2) is 55.5 Å². The third kappa shape index (κ3) is 4.91. The van der Waals surface area contributed by atoms with Crippen molar-refractivity contribution in [1.29, 1.82) is 0 Å². The number of morpholine rings is 1. The van der Waals surface area contributed by atoms with E-state index in [4.69, 9.17) is 9.72 Å². The van der Waals surface area contributed by atoms with Gasteiger partial charge >= 0.3 is 0 Å². The Morgan fingerprint density at radius 1 is 1.09 bits per heavy atom. The maximum Gasteiger partial charge on any atom is 0.221 e. The summed E-state index contributed by atoms with van der Waals surface area (Å²) in [6.45, 7) is 7.56. The molecule has 1 aliphatic rings. The monoisotopic (exact) mass is 455 g/mol. The number of aromatic nitrogens is 7. The molecule has 0 aliphatic carbocycles. The first-order valence-corrected chi connectivity index (χ1v) is 11.2. The minimum Gasteiger partial charge on any atom is -0.378 e. The highest BCUT2D eigenvalue weighted by Crippen LogP contribution is 2.21. The Bertz CT molecular complexity index is 1410. The third-order valence-corrected chi connectivity index (χ3v) is 5.46.